The molecule has 0 aliphatic carbocycles. The van der Waals surface area contributed by atoms with Gasteiger partial charge in [0.2, 0.25) is 5.89 Å². The first-order valence-corrected chi connectivity index (χ1v) is 8.19. The van der Waals surface area contributed by atoms with Crippen molar-refractivity contribution in [2.45, 2.75) is 38.8 Å². The topological polar surface area (TPSA) is 59.5 Å². The average Bonchev–Trinajstić information content (AvgIpc) is 3.21. The minimum Gasteiger partial charge on any atom is -0.339 e. The van der Waals surface area contributed by atoms with Gasteiger partial charge in [-0.15, -0.1) is 11.3 Å². The van der Waals surface area contributed by atoms with Crippen LogP contribution in [0.15, 0.2) is 22.3 Å². The molecule has 3 aromatic heterocycles. The molecule has 3 aromatic rings. The molecule has 110 valence electrons. The van der Waals surface area contributed by atoms with Gasteiger partial charge >= 0.3 is 0 Å². The second-order valence-corrected chi connectivity index (χ2v) is 6.23. The fraction of sp³-hybridized carbons (Fsp3) is 0.500. The molecule has 1 aliphatic rings. The third kappa shape index (κ3) is 2.36. The molecule has 1 fully saturated rings. The number of fused-ring (bicyclic) bond motifs is 1. The van der Waals surface area contributed by atoms with E-state index in [4.69, 9.17) is 4.52 Å². The molecular formula is C14H17N5OS. The molecule has 0 radical (unpaired) electrons. The smallest absolute Gasteiger partial charge is 0.226 e. The van der Waals surface area contributed by atoms with Gasteiger partial charge in [0.15, 0.2) is 10.8 Å². The van der Waals surface area contributed by atoms with Crippen LogP contribution in [0.25, 0.3) is 4.96 Å². The molecule has 4 heterocycles. The maximum absolute atomic E-state index is 5.25. The van der Waals surface area contributed by atoms with Crippen molar-refractivity contribution in [3.05, 3.63) is 35.2 Å². The van der Waals surface area contributed by atoms with Crippen molar-refractivity contribution in [3.8, 4) is 0 Å². The molecule has 7 heteroatoms. The lowest BCUT2D eigenvalue weighted by molar-refractivity contribution is 0.232. The van der Waals surface area contributed by atoms with Crippen LogP contribution < -0.4 is 0 Å². The summed E-state index contributed by atoms with van der Waals surface area (Å²) in [5, 5.41) is 6.19. The predicted molar refractivity (Wildman–Crippen MR) is 79.1 cm³/mol. The molecular weight excluding hydrogens is 286 g/mol. The van der Waals surface area contributed by atoms with Crippen molar-refractivity contribution >= 4 is 16.3 Å². The highest BCUT2D eigenvalue weighted by atomic mass is 32.1. The van der Waals surface area contributed by atoms with Crippen LogP contribution in [0.3, 0.4) is 0 Å². The average molecular weight is 303 g/mol. The summed E-state index contributed by atoms with van der Waals surface area (Å²) in [6, 6.07) is 0.258. The lowest BCUT2D eigenvalue weighted by atomic mass is 10.2. The van der Waals surface area contributed by atoms with Crippen LogP contribution in [0.1, 0.15) is 43.2 Å². The van der Waals surface area contributed by atoms with Crippen LogP contribution in [0.5, 0.6) is 0 Å². The van der Waals surface area contributed by atoms with E-state index in [0.29, 0.717) is 0 Å². The molecule has 6 nitrogen and oxygen atoms in total. The Kier molecular flexibility index (Phi) is 3.23. The van der Waals surface area contributed by atoms with Crippen molar-refractivity contribution in [1.29, 1.82) is 0 Å². The number of nitrogens with zero attached hydrogens (tertiary/aromatic N) is 5. The van der Waals surface area contributed by atoms with Gasteiger partial charge in [0.1, 0.15) is 0 Å². The normalized spacial score (nSPS) is 19.8. The van der Waals surface area contributed by atoms with Gasteiger partial charge in [0, 0.05) is 30.7 Å². The Balaban J connectivity index is 1.54. The highest BCUT2D eigenvalue weighted by Crippen LogP contribution is 2.31. The van der Waals surface area contributed by atoms with Gasteiger partial charge in [-0.1, -0.05) is 12.1 Å². The number of aryl methyl sites for hydroxylation is 1. The van der Waals surface area contributed by atoms with Crippen molar-refractivity contribution in [3.63, 3.8) is 0 Å². The van der Waals surface area contributed by atoms with Crippen LogP contribution in [0.4, 0.5) is 0 Å². The highest BCUT2D eigenvalue weighted by Gasteiger charge is 2.30. The van der Waals surface area contributed by atoms with Gasteiger partial charge < -0.3 is 4.52 Å². The Labute approximate surface area is 126 Å². The monoisotopic (exact) mass is 303 g/mol. The predicted octanol–water partition coefficient (Wildman–Crippen LogP) is 2.68. The Morgan fingerprint density at radius 1 is 1.43 bits per heavy atom. The first kappa shape index (κ1) is 13.0. The zero-order valence-corrected chi connectivity index (χ0v) is 12.7. The van der Waals surface area contributed by atoms with Crippen LogP contribution >= 0.6 is 11.3 Å². The van der Waals surface area contributed by atoms with Crippen LogP contribution in [-0.4, -0.2) is 31.0 Å². The molecule has 0 saturated carbocycles. The van der Waals surface area contributed by atoms with E-state index in [2.05, 4.69) is 36.0 Å². The fourth-order valence-electron chi connectivity index (χ4n) is 2.92. The van der Waals surface area contributed by atoms with Gasteiger partial charge in [-0.2, -0.15) is 4.98 Å². The zero-order chi connectivity index (χ0) is 14.2. The van der Waals surface area contributed by atoms with E-state index < -0.39 is 0 Å². The second kappa shape index (κ2) is 5.23. The first-order valence-electron chi connectivity index (χ1n) is 7.31. The minimum absolute atomic E-state index is 0.258. The van der Waals surface area contributed by atoms with E-state index in [-0.39, 0.29) is 6.04 Å². The number of hydrogen-bond acceptors (Lipinski definition) is 6. The molecule has 0 aromatic carbocycles. The second-order valence-electron chi connectivity index (χ2n) is 5.35. The number of thiazole rings is 1. The third-order valence-electron chi connectivity index (χ3n) is 3.96. The summed E-state index contributed by atoms with van der Waals surface area (Å²) >= 11 is 1.66. The van der Waals surface area contributed by atoms with Crippen molar-refractivity contribution < 1.29 is 4.52 Å². The molecule has 0 spiro atoms. The van der Waals surface area contributed by atoms with E-state index in [1.54, 1.807) is 11.3 Å². The van der Waals surface area contributed by atoms with E-state index in [1.807, 2.05) is 13.1 Å². The van der Waals surface area contributed by atoms with E-state index >= 15 is 0 Å². The molecule has 1 saturated heterocycles. The van der Waals surface area contributed by atoms with Crippen molar-refractivity contribution in [2.75, 3.05) is 6.54 Å². The zero-order valence-electron chi connectivity index (χ0n) is 11.9. The quantitative estimate of drug-likeness (QED) is 0.741. The molecule has 21 heavy (non-hydrogen) atoms. The minimum atomic E-state index is 0.258. The number of hydrogen-bond donors (Lipinski definition) is 0. The summed E-state index contributed by atoms with van der Waals surface area (Å²) < 4.78 is 7.33. The number of imidazole rings is 1. The van der Waals surface area contributed by atoms with E-state index in [9.17, 15) is 0 Å². The van der Waals surface area contributed by atoms with Crippen LogP contribution in [-0.2, 0) is 13.0 Å². The Morgan fingerprint density at radius 3 is 3.19 bits per heavy atom. The first-order chi connectivity index (χ1) is 10.3. The SMILES string of the molecule is CCc1nc([C@@H]2CCCN2Cc2cn3ccsc3n2)no1. The summed E-state index contributed by atoms with van der Waals surface area (Å²) in [5.41, 5.74) is 1.10. The highest BCUT2D eigenvalue weighted by molar-refractivity contribution is 7.15. The molecule has 4 rings (SSSR count). The number of aromatic nitrogens is 4. The summed E-state index contributed by atoms with van der Waals surface area (Å²) in [6.45, 7) is 3.93. The number of rotatable bonds is 4. The molecule has 1 atom stereocenters. The maximum Gasteiger partial charge on any atom is 0.226 e. The van der Waals surface area contributed by atoms with E-state index in [1.165, 1.54) is 6.42 Å². The number of likely N-dealkylation sites (tertiary alicyclic amines) is 1. The molecule has 0 N–H and O–H groups in total. The lowest BCUT2D eigenvalue weighted by Gasteiger charge is -2.20. The van der Waals surface area contributed by atoms with Gasteiger partial charge in [-0.05, 0) is 19.4 Å². The molecule has 0 amide bonds. The maximum atomic E-state index is 5.25. The van der Waals surface area contributed by atoms with E-state index in [0.717, 1.165) is 48.3 Å². The Bertz CT molecular complexity index is 717. The Morgan fingerprint density at radius 2 is 2.38 bits per heavy atom. The van der Waals surface area contributed by atoms with Gasteiger partial charge in [-0.3, -0.25) is 9.30 Å². The van der Waals surface area contributed by atoms with Crippen molar-refractivity contribution in [1.82, 2.24) is 24.4 Å². The van der Waals surface area contributed by atoms with Crippen molar-refractivity contribution in [2.24, 2.45) is 0 Å². The third-order valence-corrected chi connectivity index (χ3v) is 4.73. The standard InChI is InChI=1S/C14H17N5OS/c1-2-12-16-13(17-20-12)11-4-3-5-18(11)8-10-9-19-6-7-21-14(19)15-10/h6-7,9,11H,2-5,8H2,1H3/t11-/m0/s1. The van der Waals surface area contributed by atoms with Gasteiger partial charge in [0.25, 0.3) is 0 Å². The van der Waals surface area contributed by atoms with Crippen LogP contribution in [0.2, 0.25) is 0 Å². The fourth-order valence-corrected chi connectivity index (χ4v) is 3.63. The lowest BCUT2D eigenvalue weighted by Crippen LogP contribution is -2.23. The van der Waals surface area contributed by atoms with Gasteiger partial charge in [0.05, 0.1) is 11.7 Å². The van der Waals surface area contributed by atoms with Crippen LogP contribution in [0, 0.1) is 0 Å². The molecule has 0 bridgehead atoms. The summed E-state index contributed by atoms with van der Waals surface area (Å²) in [6.07, 6.45) is 7.20. The van der Waals surface area contributed by atoms with Gasteiger partial charge in [-0.25, -0.2) is 4.98 Å². The summed E-state index contributed by atoms with van der Waals surface area (Å²) in [4.78, 5) is 12.6. The Hall–Kier alpha value is -1.73. The summed E-state index contributed by atoms with van der Waals surface area (Å²) in [7, 11) is 0. The molecule has 1 aliphatic heterocycles. The molecule has 0 unspecified atom stereocenters. The largest absolute Gasteiger partial charge is 0.339 e. The summed E-state index contributed by atoms with van der Waals surface area (Å²) in [5.74, 6) is 1.55.